The molecule has 1 atom stereocenters. The Hall–Kier alpha value is -0.120. The molecule has 1 aliphatic rings. The lowest BCUT2D eigenvalue weighted by Crippen LogP contribution is -2.19. The Morgan fingerprint density at radius 3 is 2.50 bits per heavy atom. The number of rotatable bonds is 2. The van der Waals surface area contributed by atoms with Crippen molar-refractivity contribution in [3.63, 3.8) is 0 Å². The second kappa shape index (κ2) is 5.99. The molecule has 0 saturated heterocycles. The second-order valence-electron chi connectivity index (χ2n) is 4.24. The molecular formula is C12H16BrClFN. The summed E-state index contributed by atoms with van der Waals surface area (Å²) in [6.45, 7) is 0. The lowest BCUT2D eigenvalue weighted by Gasteiger charge is -2.19. The first-order chi connectivity index (χ1) is 7.18. The van der Waals surface area contributed by atoms with Crippen LogP contribution in [0, 0.1) is 11.7 Å². The van der Waals surface area contributed by atoms with Gasteiger partial charge in [0.05, 0.1) is 4.47 Å². The second-order valence-corrected chi connectivity index (χ2v) is 5.10. The molecule has 16 heavy (non-hydrogen) atoms. The minimum Gasteiger partial charge on any atom is -0.324 e. The summed E-state index contributed by atoms with van der Waals surface area (Å²) in [6.07, 6.45) is 4.88. The number of halogens is 3. The van der Waals surface area contributed by atoms with E-state index in [1.807, 2.05) is 6.07 Å². The van der Waals surface area contributed by atoms with Crippen molar-refractivity contribution in [2.75, 3.05) is 0 Å². The monoisotopic (exact) mass is 307 g/mol. The Morgan fingerprint density at radius 1 is 1.31 bits per heavy atom. The van der Waals surface area contributed by atoms with Crippen molar-refractivity contribution in [2.24, 2.45) is 11.7 Å². The molecule has 1 aromatic rings. The van der Waals surface area contributed by atoms with Crippen LogP contribution in [0.5, 0.6) is 0 Å². The lowest BCUT2D eigenvalue weighted by atomic mass is 9.92. The van der Waals surface area contributed by atoms with Crippen molar-refractivity contribution >= 4 is 28.3 Å². The molecule has 1 nitrogen and oxygen atoms in total. The van der Waals surface area contributed by atoms with Gasteiger partial charge in [0.1, 0.15) is 5.82 Å². The van der Waals surface area contributed by atoms with Crippen molar-refractivity contribution in [1.29, 1.82) is 0 Å². The Morgan fingerprint density at radius 2 is 1.94 bits per heavy atom. The average molecular weight is 309 g/mol. The van der Waals surface area contributed by atoms with Gasteiger partial charge in [0, 0.05) is 6.04 Å². The summed E-state index contributed by atoms with van der Waals surface area (Å²) in [6, 6.07) is 5.19. The lowest BCUT2D eigenvalue weighted by molar-refractivity contribution is 0.443. The fourth-order valence-corrected chi connectivity index (χ4v) is 2.56. The summed E-state index contributed by atoms with van der Waals surface area (Å²) >= 11 is 3.15. The van der Waals surface area contributed by atoms with Gasteiger partial charge in [0.25, 0.3) is 0 Å². The highest BCUT2D eigenvalue weighted by Crippen LogP contribution is 2.34. The van der Waals surface area contributed by atoms with Gasteiger partial charge in [-0.1, -0.05) is 18.9 Å². The van der Waals surface area contributed by atoms with Gasteiger partial charge in [0.15, 0.2) is 0 Å². The summed E-state index contributed by atoms with van der Waals surface area (Å²) in [5.74, 6) is 0.312. The van der Waals surface area contributed by atoms with Crippen LogP contribution in [0.15, 0.2) is 22.7 Å². The van der Waals surface area contributed by atoms with Gasteiger partial charge in [-0.3, -0.25) is 0 Å². The van der Waals surface area contributed by atoms with Crippen LogP contribution in [0.4, 0.5) is 4.39 Å². The van der Waals surface area contributed by atoms with E-state index in [1.54, 1.807) is 12.1 Å². The van der Waals surface area contributed by atoms with Crippen molar-refractivity contribution < 1.29 is 4.39 Å². The zero-order valence-electron chi connectivity index (χ0n) is 8.96. The van der Waals surface area contributed by atoms with Crippen molar-refractivity contribution in [2.45, 2.75) is 31.7 Å². The molecule has 1 aliphatic carbocycles. The highest BCUT2D eigenvalue weighted by Gasteiger charge is 2.23. The first kappa shape index (κ1) is 13.9. The third-order valence-electron chi connectivity index (χ3n) is 3.24. The highest BCUT2D eigenvalue weighted by atomic mass is 79.9. The Balaban J connectivity index is 0.00000128. The van der Waals surface area contributed by atoms with Crippen LogP contribution in [-0.4, -0.2) is 0 Å². The molecule has 90 valence electrons. The Labute approximate surface area is 110 Å². The van der Waals surface area contributed by atoms with Crippen LogP contribution in [-0.2, 0) is 0 Å². The Kier molecular flexibility index (Phi) is 5.22. The number of benzene rings is 1. The van der Waals surface area contributed by atoms with Crippen LogP contribution in [0.25, 0.3) is 0 Å². The van der Waals surface area contributed by atoms with Gasteiger partial charge in [-0.2, -0.15) is 0 Å². The zero-order valence-corrected chi connectivity index (χ0v) is 11.4. The first-order valence-electron chi connectivity index (χ1n) is 5.39. The van der Waals surface area contributed by atoms with E-state index >= 15 is 0 Å². The molecule has 0 aliphatic heterocycles. The largest absolute Gasteiger partial charge is 0.324 e. The maximum atomic E-state index is 13.3. The summed E-state index contributed by atoms with van der Waals surface area (Å²) in [7, 11) is 0. The van der Waals surface area contributed by atoms with E-state index in [2.05, 4.69) is 15.9 Å². The predicted octanol–water partition coefficient (Wildman–Crippen LogP) is 4.20. The van der Waals surface area contributed by atoms with Gasteiger partial charge in [-0.05, 0) is 52.4 Å². The SMILES string of the molecule is Cl.N[C@H](c1ccc(Br)c(F)c1)C1CCCC1. The van der Waals surface area contributed by atoms with E-state index in [4.69, 9.17) is 5.73 Å². The molecule has 2 N–H and O–H groups in total. The fraction of sp³-hybridized carbons (Fsp3) is 0.500. The molecule has 1 fully saturated rings. The highest BCUT2D eigenvalue weighted by molar-refractivity contribution is 9.10. The van der Waals surface area contributed by atoms with Gasteiger partial charge >= 0.3 is 0 Å². The molecule has 0 spiro atoms. The number of hydrogen-bond acceptors (Lipinski definition) is 1. The summed E-state index contributed by atoms with van der Waals surface area (Å²) in [5, 5.41) is 0. The van der Waals surface area contributed by atoms with E-state index < -0.39 is 0 Å². The zero-order chi connectivity index (χ0) is 10.8. The summed E-state index contributed by atoms with van der Waals surface area (Å²) in [5.41, 5.74) is 7.06. The van der Waals surface area contributed by atoms with Gasteiger partial charge in [-0.15, -0.1) is 12.4 Å². The molecule has 0 aromatic heterocycles. The number of hydrogen-bond donors (Lipinski definition) is 1. The Bertz CT molecular complexity index is 353. The van der Waals surface area contributed by atoms with Crippen LogP contribution in [0.2, 0.25) is 0 Å². The first-order valence-corrected chi connectivity index (χ1v) is 6.18. The summed E-state index contributed by atoms with van der Waals surface area (Å²) < 4.78 is 13.8. The molecule has 0 bridgehead atoms. The molecule has 1 saturated carbocycles. The van der Waals surface area contributed by atoms with Crippen LogP contribution in [0.3, 0.4) is 0 Å². The average Bonchev–Trinajstić information content (AvgIpc) is 2.74. The minimum absolute atomic E-state index is 0. The molecule has 4 heteroatoms. The molecule has 1 aromatic carbocycles. The van der Waals surface area contributed by atoms with Crippen LogP contribution in [0.1, 0.15) is 37.3 Å². The molecule has 0 radical (unpaired) electrons. The molecule has 0 unspecified atom stereocenters. The topological polar surface area (TPSA) is 26.0 Å². The van der Waals surface area contributed by atoms with E-state index in [9.17, 15) is 4.39 Å². The van der Waals surface area contributed by atoms with Gasteiger partial charge in [-0.25, -0.2) is 4.39 Å². The molecule has 2 rings (SSSR count). The molecular weight excluding hydrogens is 292 g/mol. The maximum absolute atomic E-state index is 13.3. The van der Waals surface area contributed by atoms with E-state index in [0.29, 0.717) is 10.4 Å². The third kappa shape index (κ3) is 2.96. The fourth-order valence-electron chi connectivity index (χ4n) is 2.31. The van der Waals surface area contributed by atoms with Crippen LogP contribution >= 0.6 is 28.3 Å². The standard InChI is InChI=1S/C12H15BrFN.ClH/c13-10-6-5-9(7-11(10)14)12(15)8-3-1-2-4-8;/h5-8,12H,1-4,15H2;1H/t12-;/m0./s1. The van der Waals surface area contributed by atoms with Crippen molar-refractivity contribution in [3.05, 3.63) is 34.1 Å². The van der Waals surface area contributed by atoms with E-state index in [-0.39, 0.29) is 24.3 Å². The minimum atomic E-state index is -0.221. The van der Waals surface area contributed by atoms with E-state index in [0.717, 1.165) is 5.56 Å². The van der Waals surface area contributed by atoms with Gasteiger partial charge < -0.3 is 5.73 Å². The van der Waals surface area contributed by atoms with Crippen molar-refractivity contribution in [1.82, 2.24) is 0 Å². The molecule has 0 heterocycles. The normalized spacial score (nSPS) is 18.2. The summed E-state index contributed by atoms with van der Waals surface area (Å²) in [4.78, 5) is 0. The van der Waals surface area contributed by atoms with E-state index in [1.165, 1.54) is 25.7 Å². The quantitative estimate of drug-likeness (QED) is 0.870. The third-order valence-corrected chi connectivity index (χ3v) is 3.88. The molecule has 0 amide bonds. The van der Waals surface area contributed by atoms with Crippen molar-refractivity contribution in [3.8, 4) is 0 Å². The van der Waals surface area contributed by atoms with Crippen LogP contribution < -0.4 is 5.73 Å². The van der Waals surface area contributed by atoms with Gasteiger partial charge in [0.2, 0.25) is 0 Å². The predicted molar refractivity (Wildman–Crippen MR) is 70.2 cm³/mol. The smallest absolute Gasteiger partial charge is 0.137 e. The maximum Gasteiger partial charge on any atom is 0.137 e. The number of nitrogens with two attached hydrogens (primary N) is 1.